The number of nitrogens with zero attached hydrogens (tertiary/aromatic N) is 1. The summed E-state index contributed by atoms with van der Waals surface area (Å²) < 4.78 is 4.74. The van der Waals surface area contributed by atoms with Crippen LogP contribution in [-0.4, -0.2) is 52.5 Å². The van der Waals surface area contributed by atoms with Crippen molar-refractivity contribution in [3.63, 3.8) is 0 Å². The summed E-state index contributed by atoms with van der Waals surface area (Å²) in [6.45, 7) is 3.84. The van der Waals surface area contributed by atoms with Crippen LogP contribution in [0.25, 0.3) is 0 Å². The molecule has 2 heterocycles. The van der Waals surface area contributed by atoms with Gasteiger partial charge in [0, 0.05) is 12.2 Å². The Labute approximate surface area is 116 Å². The second kappa shape index (κ2) is 5.40. The highest BCUT2D eigenvalue weighted by Gasteiger charge is 2.52. The second-order valence-electron chi connectivity index (χ2n) is 4.79. The summed E-state index contributed by atoms with van der Waals surface area (Å²) in [7, 11) is 0. The summed E-state index contributed by atoms with van der Waals surface area (Å²) in [5.74, 6) is -0.142. The lowest BCUT2D eigenvalue weighted by Crippen LogP contribution is -2.50. The Morgan fingerprint density at radius 3 is 3.00 bits per heavy atom. The molecule has 2 aliphatic heterocycles. The standard InChI is InChI=1S/C12H18N2O4S/c1-3-18-10(16)6-13-11(17)8-7-19-12(2)5-4-9(15)14(8)12/h8H,3-7H2,1-2H3,(H,13,17). The predicted octanol–water partition coefficient (Wildman–Crippen LogP) is 0.120. The third kappa shape index (κ3) is 2.70. The van der Waals surface area contributed by atoms with Crippen LogP contribution in [0.4, 0.5) is 0 Å². The molecule has 19 heavy (non-hydrogen) atoms. The fraction of sp³-hybridized carbons (Fsp3) is 0.750. The molecule has 0 bridgehead atoms. The van der Waals surface area contributed by atoms with E-state index in [9.17, 15) is 14.4 Å². The molecule has 7 heteroatoms. The maximum atomic E-state index is 12.1. The molecule has 2 amide bonds. The van der Waals surface area contributed by atoms with Gasteiger partial charge in [-0.1, -0.05) is 0 Å². The Morgan fingerprint density at radius 2 is 2.32 bits per heavy atom. The number of ether oxygens (including phenoxy) is 1. The number of hydrogen-bond acceptors (Lipinski definition) is 5. The number of esters is 1. The minimum atomic E-state index is -0.473. The van der Waals surface area contributed by atoms with Crippen LogP contribution in [-0.2, 0) is 19.1 Å². The van der Waals surface area contributed by atoms with E-state index in [2.05, 4.69) is 5.32 Å². The first kappa shape index (κ1) is 14.2. The molecule has 2 rings (SSSR count). The molecule has 0 aromatic rings. The number of carbonyl (C=O) groups excluding carboxylic acids is 3. The van der Waals surface area contributed by atoms with Gasteiger partial charge in [0.1, 0.15) is 12.6 Å². The van der Waals surface area contributed by atoms with Crippen LogP contribution < -0.4 is 5.32 Å². The van der Waals surface area contributed by atoms with Crippen molar-refractivity contribution < 1.29 is 19.1 Å². The molecular formula is C12H18N2O4S. The Morgan fingerprint density at radius 1 is 1.58 bits per heavy atom. The SMILES string of the molecule is CCOC(=O)CNC(=O)C1CSC2(C)CCC(=O)N12. The minimum Gasteiger partial charge on any atom is -0.465 e. The highest BCUT2D eigenvalue weighted by molar-refractivity contribution is 8.01. The summed E-state index contributed by atoms with van der Waals surface area (Å²) in [6.07, 6.45) is 1.27. The van der Waals surface area contributed by atoms with Gasteiger partial charge >= 0.3 is 5.97 Å². The first-order valence-corrected chi connectivity index (χ1v) is 7.36. The molecule has 0 saturated carbocycles. The number of nitrogens with one attached hydrogen (secondary N) is 1. The third-order valence-electron chi connectivity index (χ3n) is 3.46. The lowest BCUT2D eigenvalue weighted by atomic mass is 10.2. The van der Waals surface area contributed by atoms with Crippen molar-refractivity contribution in [2.75, 3.05) is 18.9 Å². The first-order chi connectivity index (χ1) is 8.98. The van der Waals surface area contributed by atoms with Gasteiger partial charge in [-0.25, -0.2) is 0 Å². The van der Waals surface area contributed by atoms with E-state index < -0.39 is 12.0 Å². The topological polar surface area (TPSA) is 75.7 Å². The van der Waals surface area contributed by atoms with Crippen LogP contribution in [0.15, 0.2) is 0 Å². The normalized spacial score (nSPS) is 29.3. The summed E-state index contributed by atoms with van der Waals surface area (Å²) in [6, 6.07) is -0.473. The molecule has 1 N–H and O–H groups in total. The van der Waals surface area contributed by atoms with E-state index in [1.54, 1.807) is 23.6 Å². The van der Waals surface area contributed by atoms with E-state index in [4.69, 9.17) is 4.74 Å². The van der Waals surface area contributed by atoms with Gasteiger partial charge < -0.3 is 15.0 Å². The number of hydrogen-bond donors (Lipinski definition) is 1. The molecule has 0 aliphatic carbocycles. The van der Waals surface area contributed by atoms with Crippen LogP contribution in [0.2, 0.25) is 0 Å². The van der Waals surface area contributed by atoms with Crippen LogP contribution in [0.1, 0.15) is 26.7 Å². The highest BCUT2D eigenvalue weighted by atomic mass is 32.2. The van der Waals surface area contributed by atoms with Crippen LogP contribution in [0.5, 0.6) is 0 Å². The maximum Gasteiger partial charge on any atom is 0.325 e. The summed E-state index contributed by atoms with van der Waals surface area (Å²) in [5.41, 5.74) is 0. The average Bonchev–Trinajstić information content (AvgIpc) is 2.85. The largest absolute Gasteiger partial charge is 0.465 e. The highest BCUT2D eigenvalue weighted by Crippen LogP contribution is 2.47. The van der Waals surface area contributed by atoms with Gasteiger partial charge in [-0.15, -0.1) is 11.8 Å². The van der Waals surface area contributed by atoms with Gasteiger partial charge in [-0.2, -0.15) is 0 Å². The van der Waals surface area contributed by atoms with E-state index in [0.29, 0.717) is 12.2 Å². The number of carbonyl (C=O) groups is 3. The van der Waals surface area contributed by atoms with Crippen molar-refractivity contribution in [2.24, 2.45) is 0 Å². The van der Waals surface area contributed by atoms with E-state index in [1.807, 2.05) is 6.92 Å². The molecular weight excluding hydrogens is 268 g/mol. The zero-order valence-electron chi connectivity index (χ0n) is 11.1. The van der Waals surface area contributed by atoms with Crippen molar-refractivity contribution in [1.29, 1.82) is 0 Å². The monoisotopic (exact) mass is 286 g/mol. The molecule has 2 fully saturated rings. The maximum absolute atomic E-state index is 12.1. The summed E-state index contributed by atoms with van der Waals surface area (Å²) in [5, 5.41) is 2.54. The molecule has 0 aromatic carbocycles. The van der Waals surface area contributed by atoms with Gasteiger partial charge in [-0.3, -0.25) is 14.4 Å². The van der Waals surface area contributed by atoms with Gasteiger partial charge in [0.15, 0.2) is 0 Å². The molecule has 2 saturated heterocycles. The molecule has 2 aliphatic rings. The van der Waals surface area contributed by atoms with Gasteiger partial charge in [0.2, 0.25) is 11.8 Å². The Kier molecular flexibility index (Phi) is 4.03. The zero-order valence-corrected chi connectivity index (χ0v) is 11.9. The Balaban J connectivity index is 1.93. The van der Waals surface area contributed by atoms with E-state index in [0.717, 1.165) is 6.42 Å². The number of thioether (sulfide) groups is 1. The quantitative estimate of drug-likeness (QED) is 0.743. The van der Waals surface area contributed by atoms with Crippen molar-refractivity contribution in [1.82, 2.24) is 10.2 Å². The summed E-state index contributed by atoms with van der Waals surface area (Å²) in [4.78, 5) is 36.5. The average molecular weight is 286 g/mol. The summed E-state index contributed by atoms with van der Waals surface area (Å²) >= 11 is 1.63. The van der Waals surface area contributed by atoms with Crippen molar-refractivity contribution in [2.45, 2.75) is 37.6 Å². The van der Waals surface area contributed by atoms with E-state index >= 15 is 0 Å². The number of fused-ring (bicyclic) bond motifs is 1. The molecule has 6 nitrogen and oxygen atoms in total. The lowest BCUT2D eigenvalue weighted by Gasteiger charge is -2.29. The van der Waals surface area contributed by atoms with Gasteiger partial charge in [0.05, 0.1) is 11.5 Å². The fourth-order valence-corrected chi connectivity index (χ4v) is 3.94. The molecule has 2 atom stereocenters. The smallest absolute Gasteiger partial charge is 0.325 e. The molecule has 2 unspecified atom stereocenters. The van der Waals surface area contributed by atoms with Crippen LogP contribution in [0, 0.1) is 0 Å². The Hall–Kier alpha value is -1.24. The zero-order chi connectivity index (χ0) is 14.0. The van der Waals surface area contributed by atoms with Gasteiger partial charge in [0.25, 0.3) is 0 Å². The van der Waals surface area contributed by atoms with Crippen molar-refractivity contribution >= 4 is 29.5 Å². The molecule has 0 aromatic heterocycles. The molecule has 0 radical (unpaired) electrons. The van der Waals surface area contributed by atoms with Crippen molar-refractivity contribution in [3.8, 4) is 0 Å². The third-order valence-corrected chi connectivity index (χ3v) is 4.96. The van der Waals surface area contributed by atoms with Gasteiger partial charge in [-0.05, 0) is 20.3 Å². The second-order valence-corrected chi connectivity index (χ2v) is 6.29. The molecule has 0 spiro atoms. The van der Waals surface area contributed by atoms with E-state index in [1.165, 1.54) is 0 Å². The number of rotatable bonds is 4. The predicted molar refractivity (Wildman–Crippen MR) is 70.4 cm³/mol. The number of amides is 2. The lowest BCUT2D eigenvalue weighted by molar-refractivity contribution is -0.144. The van der Waals surface area contributed by atoms with Crippen LogP contribution in [0.3, 0.4) is 0 Å². The fourth-order valence-electron chi connectivity index (χ4n) is 2.50. The van der Waals surface area contributed by atoms with Crippen molar-refractivity contribution in [3.05, 3.63) is 0 Å². The molecule has 106 valence electrons. The van der Waals surface area contributed by atoms with Crippen LogP contribution >= 0.6 is 11.8 Å². The first-order valence-electron chi connectivity index (χ1n) is 6.37. The van der Waals surface area contributed by atoms with E-state index in [-0.39, 0.29) is 29.8 Å². The minimum absolute atomic E-state index is 0.0174. The Bertz CT molecular complexity index is 415.